The van der Waals surface area contributed by atoms with Gasteiger partial charge in [-0.05, 0) is 77.3 Å². The van der Waals surface area contributed by atoms with Crippen LogP contribution in [0, 0.1) is 18.8 Å². The Morgan fingerprint density at radius 2 is 1.47 bits per heavy atom. The fourth-order valence-electron chi connectivity index (χ4n) is 5.24. The van der Waals surface area contributed by atoms with E-state index in [0.29, 0.717) is 11.8 Å². The van der Waals surface area contributed by atoms with E-state index in [1.54, 1.807) is 0 Å². The van der Waals surface area contributed by atoms with Crippen LogP contribution in [0.5, 0.6) is 0 Å². The number of rotatable bonds is 6. The van der Waals surface area contributed by atoms with Crippen LogP contribution in [-0.4, -0.2) is 9.97 Å². The lowest BCUT2D eigenvalue weighted by atomic mass is 9.84. The lowest BCUT2D eigenvalue weighted by Gasteiger charge is -2.22. The maximum Gasteiger partial charge on any atom is 0.132 e. The molecule has 0 atom stereocenters. The Hall–Kier alpha value is -2.74. The Morgan fingerprint density at radius 1 is 0.778 bits per heavy atom. The van der Waals surface area contributed by atoms with Crippen LogP contribution >= 0.6 is 0 Å². The summed E-state index contributed by atoms with van der Waals surface area (Å²) in [7, 11) is 0. The minimum absolute atomic E-state index is 0.0778. The molecule has 3 aromatic carbocycles. The molecule has 0 saturated heterocycles. The van der Waals surface area contributed by atoms with Crippen LogP contribution in [0.25, 0.3) is 32.9 Å². The molecule has 0 aliphatic carbocycles. The van der Waals surface area contributed by atoms with Crippen LogP contribution in [-0.2, 0) is 18.3 Å². The summed E-state index contributed by atoms with van der Waals surface area (Å²) in [6.07, 6.45) is 2.15. The first-order chi connectivity index (χ1) is 16.8. The van der Waals surface area contributed by atoms with Crippen molar-refractivity contribution in [1.29, 1.82) is 0 Å². The fourth-order valence-corrected chi connectivity index (χ4v) is 5.24. The molecule has 0 amide bonds. The molecule has 0 saturated carbocycles. The molecule has 0 aliphatic rings. The first kappa shape index (κ1) is 26.3. The van der Waals surface area contributed by atoms with Gasteiger partial charge in [0.2, 0.25) is 0 Å². The molecule has 0 radical (unpaired) electrons. The summed E-state index contributed by atoms with van der Waals surface area (Å²) in [5.41, 5.74) is 8.89. The van der Waals surface area contributed by atoms with E-state index in [9.17, 15) is 0 Å². The van der Waals surface area contributed by atoms with E-state index < -0.39 is 0 Å². The highest BCUT2D eigenvalue weighted by atomic mass is 14.9. The van der Waals surface area contributed by atoms with Gasteiger partial charge in [-0.15, -0.1) is 0 Å². The number of aromatic nitrogens is 2. The van der Waals surface area contributed by atoms with Crippen LogP contribution in [0.3, 0.4) is 0 Å². The molecule has 1 heterocycles. The Labute approximate surface area is 218 Å². The molecule has 0 fully saturated rings. The van der Waals surface area contributed by atoms with E-state index in [1.807, 2.05) is 0 Å². The molecule has 0 unspecified atom stereocenters. The SMILES string of the molecule is Cc1cc(-c2nc(C(C)C)nc3c2ccc2cc(CC(C)C)cc(CC(C)C)c23)cc(C(C)(C)C)c1. The first-order valence-electron chi connectivity index (χ1n) is 13.7. The van der Waals surface area contributed by atoms with E-state index >= 15 is 0 Å². The normalized spacial score (nSPS) is 12.6. The third kappa shape index (κ3) is 5.48. The summed E-state index contributed by atoms with van der Waals surface area (Å²) < 4.78 is 0. The predicted molar refractivity (Wildman–Crippen MR) is 157 cm³/mol. The molecule has 0 bridgehead atoms. The fraction of sp³-hybridized carbons (Fsp3) is 0.471. The number of hydrogen-bond acceptors (Lipinski definition) is 2. The number of hydrogen-bond donors (Lipinski definition) is 0. The van der Waals surface area contributed by atoms with Gasteiger partial charge in [-0.25, -0.2) is 9.97 Å². The Bertz CT molecular complexity index is 1400. The van der Waals surface area contributed by atoms with Gasteiger partial charge in [-0.2, -0.15) is 0 Å². The van der Waals surface area contributed by atoms with Crippen molar-refractivity contribution in [2.75, 3.05) is 0 Å². The van der Waals surface area contributed by atoms with Gasteiger partial charge in [0.25, 0.3) is 0 Å². The van der Waals surface area contributed by atoms with E-state index in [4.69, 9.17) is 9.97 Å². The van der Waals surface area contributed by atoms with Gasteiger partial charge in [-0.1, -0.05) is 92.1 Å². The summed E-state index contributed by atoms with van der Waals surface area (Å²) in [6.45, 7) is 22.7. The third-order valence-electron chi connectivity index (χ3n) is 6.94. The molecular formula is C34H44N2. The van der Waals surface area contributed by atoms with Crippen molar-refractivity contribution in [1.82, 2.24) is 9.97 Å². The molecule has 190 valence electrons. The average molecular weight is 481 g/mol. The zero-order valence-electron chi connectivity index (χ0n) is 24.1. The highest BCUT2D eigenvalue weighted by molar-refractivity contribution is 6.10. The van der Waals surface area contributed by atoms with Gasteiger partial charge in [0.15, 0.2) is 0 Å². The highest BCUT2D eigenvalue weighted by Crippen LogP contribution is 2.37. The molecule has 2 heteroatoms. The van der Waals surface area contributed by atoms with E-state index in [-0.39, 0.29) is 11.3 Å². The van der Waals surface area contributed by atoms with E-state index in [1.165, 1.54) is 38.6 Å². The molecule has 1 aromatic heterocycles. The summed E-state index contributed by atoms with van der Waals surface area (Å²) in [5, 5.41) is 3.76. The molecule has 36 heavy (non-hydrogen) atoms. The topological polar surface area (TPSA) is 25.8 Å². The van der Waals surface area contributed by atoms with Gasteiger partial charge in [-0.3, -0.25) is 0 Å². The van der Waals surface area contributed by atoms with Crippen molar-refractivity contribution in [2.24, 2.45) is 11.8 Å². The molecule has 0 N–H and O–H groups in total. The van der Waals surface area contributed by atoms with Crippen molar-refractivity contribution in [3.63, 3.8) is 0 Å². The van der Waals surface area contributed by atoms with Crippen molar-refractivity contribution < 1.29 is 0 Å². The summed E-state index contributed by atoms with van der Waals surface area (Å²) in [5.74, 6) is 2.39. The van der Waals surface area contributed by atoms with Crippen LogP contribution in [0.4, 0.5) is 0 Å². The first-order valence-corrected chi connectivity index (χ1v) is 13.7. The number of benzene rings is 3. The third-order valence-corrected chi connectivity index (χ3v) is 6.94. The molecule has 0 aliphatic heterocycles. The molecule has 0 spiro atoms. The van der Waals surface area contributed by atoms with Gasteiger partial charge < -0.3 is 0 Å². The number of nitrogens with zero attached hydrogens (tertiary/aromatic N) is 2. The molecule has 2 nitrogen and oxygen atoms in total. The molecular weight excluding hydrogens is 436 g/mol. The second-order valence-corrected chi connectivity index (χ2v) is 12.9. The molecule has 4 rings (SSSR count). The summed E-state index contributed by atoms with van der Waals surface area (Å²) >= 11 is 0. The highest BCUT2D eigenvalue weighted by Gasteiger charge is 2.20. The van der Waals surface area contributed by atoms with Gasteiger partial charge in [0.05, 0.1) is 11.2 Å². The van der Waals surface area contributed by atoms with Crippen LogP contribution < -0.4 is 0 Å². The van der Waals surface area contributed by atoms with Crippen molar-refractivity contribution in [3.8, 4) is 11.3 Å². The summed E-state index contributed by atoms with van der Waals surface area (Å²) in [4.78, 5) is 10.4. The van der Waals surface area contributed by atoms with Gasteiger partial charge >= 0.3 is 0 Å². The second kappa shape index (κ2) is 9.96. The van der Waals surface area contributed by atoms with Crippen molar-refractivity contribution in [3.05, 3.63) is 70.5 Å². The number of fused-ring (bicyclic) bond motifs is 3. The van der Waals surface area contributed by atoms with Crippen LogP contribution in [0.15, 0.2) is 42.5 Å². The Morgan fingerprint density at radius 3 is 2.08 bits per heavy atom. The summed E-state index contributed by atoms with van der Waals surface area (Å²) in [6, 6.07) is 16.3. The van der Waals surface area contributed by atoms with Crippen molar-refractivity contribution >= 4 is 21.7 Å². The average Bonchev–Trinajstić information content (AvgIpc) is 2.75. The lowest BCUT2D eigenvalue weighted by molar-refractivity contribution is 0.590. The standard InChI is InChI=1S/C34H44N2/c1-20(2)13-24-17-25-11-12-29-31(27-15-23(7)16-28(19-27)34(8,9)10)35-33(22(5)6)36-32(29)30(25)26(18-24)14-21(3)4/h11-12,15-22H,13-14H2,1-10H3. The molecule has 4 aromatic rings. The Balaban J connectivity index is 2.10. The van der Waals surface area contributed by atoms with E-state index in [0.717, 1.165) is 35.3 Å². The second-order valence-electron chi connectivity index (χ2n) is 12.9. The van der Waals surface area contributed by atoms with Crippen LogP contribution in [0.2, 0.25) is 0 Å². The smallest absolute Gasteiger partial charge is 0.132 e. The minimum Gasteiger partial charge on any atom is -0.232 e. The van der Waals surface area contributed by atoms with Gasteiger partial charge in [0, 0.05) is 22.3 Å². The predicted octanol–water partition coefficient (Wildman–Crippen LogP) is 9.58. The maximum absolute atomic E-state index is 5.23. The zero-order valence-corrected chi connectivity index (χ0v) is 24.1. The zero-order chi connectivity index (χ0) is 26.4. The van der Waals surface area contributed by atoms with Crippen LogP contribution in [0.1, 0.15) is 96.3 Å². The minimum atomic E-state index is 0.0778. The quantitative estimate of drug-likeness (QED) is 0.257. The number of aryl methyl sites for hydroxylation is 1. The largest absolute Gasteiger partial charge is 0.232 e. The monoisotopic (exact) mass is 480 g/mol. The van der Waals surface area contributed by atoms with Crippen molar-refractivity contribution in [2.45, 2.75) is 93.4 Å². The van der Waals surface area contributed by atoms with Gasteiger partial charge in [0.1, 0.15) is 5.82 Å². The lowest BCUT2D eigenvalue weighted by Crippen LogP contribution is -2.11. The Kier molecular flexibility index (Phi) is 7.28. The maximum atomic E-state index is 5.23. The van der Waals surface area contributed by atoms with E-state index in [2.05, 4.69) is 112 Å².